The normalized spacial score (nSPS) is 17.5. The summed E-state index contributed by atoms with van der Waals surface area (Å²) in [5.74, 6) is -0.844. The average Bonchev–Trinajstić information content (AvgIpc) is 2.74. The Kier molecular flexibility index (Phi) is 7.63. The number of hydrogen-bond acceptors (Lipinski definition) is 4. The molecule has 1 unspecified atom stereocenters. The number of aliphatic hydroxyl groups is 1. The highest BCUT2D eigenvalue weighted by molar-refractivity contribution is 7.82. The van der Waals surface area contributed by atoms with E-state index in [2.05, 4.69) is 0 Å². The second kappa shape index (κ2) is 10.0. The molecule has 3 rings (SSSR count). The van der Waals surface area contributed by atoms with Crippen molar-refractivity contribution < 1.29 is 23.2 Å². The van der Waals surface area contributed by atoms with Gasteiger partial charge in [-0.2, -0.15) is 0 Å². The van der Waals surface area contributed by atoms with E-state index < -0.39 is 22.6 Å². The molecule has 1 atom stereocenters. The van der Waals surface area contributed by atoms with Gasteiger partial charge in [0.05, 0.1) is 11.5 Å². The monoisotopic (exact) mass is 453 g/mol. The molecule has 8 heteroatoms. The first kappa shape index (κ1) is 22.9. The third-order valence-corrected chi connectivity index (χ3v) is 6.96. The molecule has 1 N–H and O–H groups in total. The van der Waals surface area contributed by atoms with Gasteiger partial charge < -0.3 is 9.84 Å². The maximum atomic E-state index is 14.9. The zero-order chi connectivity index (χ0) is 21.7. The second-order valence-electron chi connectivity index (χ2n) is 7.18. The quantitative estimate of drug-likeness (QED) is 0.645. The van der Waals surface area contributed by atoms with Crippen molar-refractivity contribution in [3.8, 4) is 11.1 Å². The highest BCUT2D eigenvalue weighted by atomic mass is 35.5. The SMILES string of the molecule is CCOC(=O)C1(F)CCN(S(=O)c2ccc(Cl)cc2-c2cccc(CCO)c2)CC1. The molecule has 1 aliphatic heterocycles. The summed E-state index contributed by atoms with van der Waals surface area (Å²) in [5, 5.41) is 9.73. The van der Waals surface area contributed by atoms with Crippen molar-refractivity contribution in [3.63, 3.8) is 0 Å². The molecule has 1 heterocycles. The summed E-state index contributed by atoms with van der Waals surface area (Å²) in [4.78, 5) is 12.5. The molecule has 2 aromatic carbocycles. The summed E-state index contributed by atoms with van der Waals surface area (Å²) in [6.45, 7) is 2.16. The number of benzene rings is 2. The molecule has 1 aliphatic rings. The third-order valence-electron chi connectivity index (χ3n) is 5.16. The Labute approximate surface area is 183 Å². The van der Waals surface area contributed by atoms with Crippen molar-refractivity contribution in [2.45, 2.75) is 36.8 Å². The Balaban J connectivity index is 1.84. The number of piperidine rings is 1. The van der Waals surface area contributed by atoms with E-state index in [4.69, 9.17) is 16.3 Å². The Morgan fingerprint density at radius 2 is 2.00 bits per heavy atom. The summed E-state index contributed by atoms with van der Waals surface area (Å²) in [6, 6.07) is 12.8. The number of nitrogens with zero attached hydrogens (tertiary/aromatic N) is 1. The third kappa shape index (κ3) is 5.09. The summed E-state index contributed by atoms with van der Waals surface area (Å²) in [5.41, 5.74) is 0.498. The van der Waals surface area contributed by atoms with E-state index in [0.717, 1.165) is 16.7 Å². The smallest absolute Gasteiger partial charge is 0.343 e. The first-order valence-corrected chi connectivity index (χ1v) is 11.4. The largest absolute Gasteiger partial charge is 0.464 e. The first-order valence-electron chi connectivity index (χ1n) is 9.90. The van der Waals surface area contributed by atoms with Crippen LogP contribution < -0.4 is 0 Å². The molecular weight excluding hydrogens is 429 g/mol. The van der Waals surface area contributed by atoms with Gasteiger partial charge in [0.1, 0.15) is 11.0 Å². The van der Waals surface area contributed by atoms with Crippen molar-refractivity contribution in [1.29, 1.82) is 0 Å². The van der Waals surface area contributed by atoms with Crippen molar-refractivity contribution >= 4 is 28.6 Å². The molecular formula is C22H25ClFNO4S. The minimum atomic E-state index is -2.03. The van der Waals surface area contributed by atoms with Gasteiger partial charge in [-0.25, -0.2) is 17.7 Å². The van der Waals surface area contributed by atoms with Gasteiger partial charge in [-0.05, 0) is 42.7 Å². The summed E-state index contributed by atoms with van der Waals surface area (Å²) >= 11 is 6.21. The number of hydrogen-bond donors (Lipinski definition) is 1. The van der Waals surface area contributed by atoms with Gasteiger partial charge in [-0.15, -0.1) is 0 Å². The average molecular weight is 454 g/mol. The molecule has 0 aromatic heterocycles. The zero-order valence-electron chi connectivity index (χ0n) is 16.8. The maximum absolute atomic E-state index is 14.9. The highest BCUT2D eigenvalue weighted by Crippen LogP contribution is 2.34. The van der Waals surface area contributed by atoms with E-state index in [1.165, 1.54) is 0 Å². The predicted molar refractivity (Wildman–Crippen MR) is 115 cm³/mol. The van der Waals surface area contributed by atoms with Gasteiger partial charge in [0.25, 0.3) is 0 Å². The van der Waals surface area contributed by atoms with Gasteiger partial charge in [-0.3, -0.25) is 0 Å². The molecule has 2 aromatic rings. The predicted octanol–water partition coefficient (Wildman–Crippen LogP) is 3.93. The van der Waals surface area contributed by atoms with Crippen LogP contribution in [0.3, 0.4) is 0 Å². The number of esters is 1. The Morgan fingerprint density at radius 1 is 1.27 bits per heavy atom. The van der Waals surface area contributed by atoms with Crippen LogP contribution in [0.5, 0.6) is 0 Å². The van der Waals surface area contributed by atoms with Crippen LogP contribution in [0.4, 0.5) is 4.39 Å². The molecule has 0 amide bonds. The maximum Gasteiger partial charge on any atom is 0.343 e. The van der Waals surface area contributed by atoms with Crippen LogP contribution in [0.25, 0.3) is 11.1 Å². The van der Waals surface area contributed by atoms with Gasteiger partial charge >= 0.3 is 5.97 Å². The van der Waals surface area contributed by atoms with E-state index in [-0.39, 0.29) is 39.1 Å². The van der Waals surface area contributed by atoms with Gasteiger partial charge in [0.15, 0.2) is 0 Å². The fourth-order valence-corrected chi connectivity index (χ4v) is 5.03. The lowest BCUT2D eigenvalue weighted by Crippen LogP contribution is -2.47. The number of carbonyl (C=O) groups is 1. The minimum absolute atomic E-state index is 0.0387. The van der Waals surface area contributed by atoms with Crippen LogP contribution in [0.15, 0.2) is 47.4 Å². The van der Waals surface area contributed by atoms with Crippen molar-refractivity contribution in [2.24, 2.45) is 0 Å². The molecule has 1 fully saturated rings. The van der Waals surface area contributed by atoms with Crippen molar-refractivity contribution in [2.75, 3.05) is 26.3 Å². The molecule has 5 nitrogen and oxygen atoms in total. The molecule has 0 bridgehead atoms. The van der Waals surface area contributed by atoms with Crippen LogP contribution in [-0.4, -0.2) is 51.6 Å². The standard InChI is InChI=1S/C22H25ClFNO4S/c1-2-29-21(27)22(24)9-11-25(12-10-22)30(28)20-7-6-18(23)15-19(20)17-5-3-4-16(14-17)8-13-26/h3-7,14-15,26H,2,8-13H2,1H3. The molecule has 30 heavy (non-hydrogen) atoms. The lowest BCUT2D eigenvalue weighted by molar-refractivity contribution is -0.160. The summed E-state index contributed by atoms with van der Waals surface area (Å²) in [7, 11) is -1.54. The van der Waals surface area contributed by atoms with Crippen LogP contribution >= 0.6 is 11.6 Å². The molecule has 0 spiro atoms. The Bertz CT molecular complexity index is 931. The first-order chi connectivity index (χ1) is 14.4. The van der Waals surface area contributed by atoms with Crippen molar-refractivity contribution in [3.05, 3.63) is 53.1 Å². The lowest BCUT2D eigenvalue weighted by Gasteiger charge is -2.34. The zero-order valence-corrected chi connectivity index (χ0v) is 18.3. The van der Waals surface area contributed by atoms with E-state index in [1.807, 2.05) is 24.3 Å². The van der Waals surface area contributed by atoms with Gasteiger partial charge in [-0.1, -0.05) is 35.9 Å². The minimum Gasteiger partial charge on any atom is -0.464 e. The lowest BCUT2D eigenvalue weighted by atomic mass is 9.95. The van der Waals surface area contributed by atoms with E-state index in [0.29, 0.717) is 16.3 Å². The molecule has 0 saturated carbocycles. The topological polar surface area (TPSA) is 66.8 Å². The molecule has 162 valence electrons. The van der Waals surface area contributed by atoms with Crippen LogP contribution in [0, 0.1) is 0 Å². The summed E-state index contributed by atoms with van der Waals surface area (Å²) in [6.07, 6.45) is 0.393. The van der Waals surface area contributed by atoms with Crippen LogP contribution in [0.1, 0.15) is 25.3 Å². The van der Waals surface area contributed by atoms with Crippen LogP contribution in [-0.2, 0) is 26.9 Å². The van der Waals surface area contributed by atoms with Crippen LogP contribution in [0.2, 0.25) is 5.02 Å². The number of carbonyl (C=O) groups excluding carboxylic acids is 1. The Hall–Kier alpha value is -1.80. The fourth-order valence-electron chi connectivity index (χ4n) is 3.51. The highest BCUT2D eigenvalue weighted by Gasteiger charge is 2.44. The van der Waals surface area contributed by atoms with E-state index in [9.17, 15) is 18.5 Å². The van der Waals surface area contributed by atoms with Gasteiger partial charge in [0, 0.05) is 43.1 Å². The van der Waals surface area contributed by atoms with E-state index >= 15 is 0 Å². The Morgan fingerprint density at radius 3 is 2.67 bits per heavy atom. The van der Waals surface area contributed by atoms with Crippen molar-refractivity contribution in [1.82, 2.24) is 4.31 Å². The fraction of sp³-hybridized carbons (Fsp3) is 0.409. The molecule has 0 aliphatic carbocycles. The molecule has 0 radical (unpaired) electrons. The van der Waals surface area contributed by atoms with Gasteiger partial charge in [0.2, 0.25) is 5.67 Å². The molecule has 1 saturated heterocycles. The second-order valence-corrected chi connectivity index (χ2v) is 9.07. The number of aliphatic hydroxyl groups excluding tert-OH is 1. The van der Waals surface area contributed by atoms with E-state index in [1.54, 1.807) is 29.4 Å². The number of ether oxygens (including phenoxy) is 1. The number of rotatable bonds is 7. The number of alkyl halides is 1. The summed E-state index contributed by atoms with van der Waals surface area (Å²) < 4.78 is 34.7. The number of halogens is 2.